The van der Waals surface area contributed by atoms with Crippen molar-refractivity contribution in [2.75, 3.05) is 44.3 Å². The second-order valence-corrected chi connectivity index (χ2v) is 7.59. The monoisotopic (exact) mass is 362 g/mol. The third-order valence-electron chi connectivity index (χ3n) is 6.05. The van der Waals surface area contributed by atoms with Gasteiger partial charge in [-0.3, -0.25) is 9.89 Å². The summed E-state index contributed by atoms with van der Waals surface area (Å²) in [5.74, 6) is 1.08. The highest BCUT2D eigenvalue weighted by Gasteiger charge is 2.26. The van der Waals surface area contributed by atoms with Crippen LogP contribution in [0.25, 0.3) is 0 Å². The van der Waals surface area contributed by atoms with Crippen LogP contribution < -0.4 is 4.90 Å². The molecule has 0 amide bonds. The summed E-state index contributed by atoms with van der Waals surface area (Å²) in [6.07, 6.45) is 4.34. The van der Waals surface area contributed by atoms with Crippen LogP contribution in [0.1, 0.15) is 29.5 Å². The summed E-state index contributed by atoms with van der Waals surface area (Å²) in [5, 5.41) is 0. The van der Waals surface area contributed by atoms with Crippen molar-refractivity contribution in [1.29, 1.82) is 0 Å². The third kappa shape index (κ3) is 3.37. The maximum atomic E-state index is 5.49. The molecule has 0 unspecified atom stereocenters. The molecule has 5 rings (SSSR count). The molecular formula is C22H26N4O. The van der Waals surface area contributed by atoms with Crippen molar-refractivity contribution in [2.45, 2.75) is 25.4 Å². The highest BCUT2D eigenvalue weighted by atomic mass is 16.5. The van der Waals surface area contributed by atoms with Crippen molar-refractivity contribution in [2.24, 2.45) is 4.99 Å². The number of pyridine rings is 1. The highest BCUT2D eigenvalue weighted by Crippen LogP contribution is 2.26. The molecule has 1 aromatic carbocycles. The maximum Gasteiger partial charge on any atom is 0.129 e. The Bertz CT molecular complexity index is 836. The first-order chi connectivity index (χ1) is 13.4. The van der Waals surface area contributed by atoms with E-state index in [4.69, 9.17) is 9.73 Å². The first-order valence-corrected chi connectivity index (χ1v) is 10.0. The molecule has 0 atom stereocenters. The van der Waals surface area contributed by atoms with E-state index in [0.29, 0.717) is 6.04 Å². The van der Waals surface area contributed by atoms with Crippen LogP contribution in [-0.2, 0) is 11.3 Å². The first kappa shape index (κ1) is 16.9. The molecule has 0 N–H and O–H groups in total. The maximum absolute atomic E-state index is 5.49. The molecule has 3 aliphatic heterocycles. The number of hydrogen-bond acceptors (Lipinski definition) is 5. The van der Waals surface area contributed by atoms with E-state index in [1.165, 1.54) is 29.5 Å². The number of fused-ring (bicyclic) bond motifs is 1. The molecule has 0 spiro atoms. The zero-order chi connectivity index (χ0) is 18.1. The van der Waals surface area contributed by atoms with Crippen LogP contribution in [0, 0.1) is 0 Å². The Hall–Kier alpha value is -2.24. The Labute approximate surface area is 160 Å². The topological polar surface area (TPSA) is 41.0 Å². The Kier molecular flexibility index (Phi) is 4.64. The number of nitrogens with zero attached hydrogens (tertiary/aromatic N) is 4. The lowest BCUT2D eigenvalue weighted by Gasteiger charge is -2.40. The molecular weight excluding hydrogens is 336 g/mol. The summed E-state index contributed by atoms with van der Waals surface area (Å²) in [6.45, 7) is 6.85. The molecule has 1 aromatic heterocycles. The van der Waals surface area contributed by atoms with Crippen molar-refractivity contribution in [3.8, 4) is 0 Å². The Balaban J connectivity index is 1.29. The molecule has 0 radical (unpaired) electrons. The molecule has 0 saturated carbocycles. The fourth-order valence-electron chi connectivity index (χ4n) is 4.53. The Morgan fingerprint density at radius 3 is 2.63 bits per heavy atom. The number of aromatic nitrogens is 1. The number of aliphatic imine (C=N–C) groups is 1. The average Bonchev–Trinajstić information content (AvgIpc) is 3.19. The molecule has 0 aliphatic carbocycles. The minimum atomic E-state index is 0.694. The van der Waals surface area contributed by atoms with E-state index in [9.17, 15) is 0 Å². The molecule has 4 heterocycles. The molecule has 2 aromatic rings. The Morgan fingerprint density at radius 2 is 1.78 bits per heavy atom. The van der Waals surface area contributed by atoms with Crippen molar-refractivity contribution in [1.82, 2.24) is 9.88 Å². The minimum Gasteiger partial charge on any atom is -0.379 e. The van der Waals surface area contributed by atoms with E-state index in [1.807, 2.05) is 6.20 Å². The largest absolute Gasteiger partial charge is 0.379 e. The number of ether oxygens (including phenoxy) is 1. The van der Waals surface area contributed by atoms with Crippen molar-refractivity contribution in [3.05, 3.63) is 59.3 Å². The summed E-state index contributed by atoms with van der Waals surface area (Å²) in [7, 11) is 0. The summed E-state index contributed by atoms with van der Waals surface area (Å²) in [6, 6.07) is 13.5. The van der Waals surface area contributed by atoms with Crippen molar-refractivity contribution < 1.29 is 4.74 Å². The summed E-state index contributed by atoms with van der Waals surface area (Å²) in [4.78, 5) is 14.5. The number of rotatable bonds is 3. The van der Waals surface area contributed by atoms with E-state index in [0.717, 1.165) is 57.5 Å². The van der Waals surface area contributed by atoms with E-state index in [-0.39, 0.29) is 0 Å². The molecule has 5 heteroatoms. The fourth-order valence-corrected chi connectivity index (χ4v) is 4.53. The second-order valence-electron chi connectivity index (χ2n) is 7.59. The molecule has 2 fully saturated rings. The minimum absolute atomic E-state index is 0.694. The van der Waals surface area contributed by atoms with E-state index in [2.05, 4.69) is 51.2 Å². The van der Waals surface area contributed by atoms with Gasteiger partial charge in [0.25, 0.3) is 0 Å². The summed E-state index contributed by atoms with van der Waals surface area (Å²) in [5.41, 5.74) is 4.87. The standard InChI is InChI=1S/C22H26N4O/c1-2-4-20-18(3-1)16-24-22(20)17-5-8-23-21(15-17)26-9-6-19(7-10-26)25-11-13-27-14-12-25/h1-5,8,15,19H,6-7,9-14,16H2. The van der Waals surface area contributed by atoms with Gasteiger partial charge in [0.2, 0.25) is 0 Å². The van der Waals surface area contributed by atoms with Crippen molar-refractivity contribution in [3.63, 3.8) is 0 Å². The molecule has 140 valence electrons. The van der Waals surface area contributed by atoms with Crippen LogP contribution in [0.4, 0.5) is 5.82 Å². The lowest BCUT2D eigenvalue weighted by Crippen LogP contribution is -2.49. The van der Waals surface area contributed by atoms with Gasteiger partial charge in [0.05, 0.1) is 25.5 Å². The van der Waals surface area contributed by atoms with Gasteiger partial charge in [-0.15, -0.1) is 0 Å². The van der Waals surface area contributed by atoms with Crippen LogP contribution in [-0.4, -0.2) is 61.0 Å². The van der Waals surface area contributed by atoms with Crippen LogP contribution in [0.3, 0.4) is 0 Å². The summed E-state index contributed by atoms with van der Waals surface area (Å²) >= 11 is 0. The predicted molar refractivity (Wildman–Crippen MR) is 108 cm³/mol. The second kappa shape index (κ2) is 7.41. The van der Waals surface area contributed by atoms with Gasteiger partial charge in [0.15, 0.2) is 0 Å². The predicted octanol–water partition coefficient (Wildman–Crippen LogP) is 2.73. The number of anilines is 1. The average molecular weight is 362 g/mol. The van der Waals surface area contributed by atoms with Gasteiger partial charge < -0.3 is 9.64 Å². The zero-order valence-corrected chi connectivity index (χ0v) is 15.7. The van der Waals surface area contributed by atoms with E-state index >= 15 is 0 Å². The Morgan fingerprint density at radius 1 is 0.963 bits per heavy atom. The van der Waals surface area contributed by atoms with Gasteiger partial charge >= 0.3 is 0 Å². The lowest BCUT2D eigenvalue weighted by molar-refractivity contribution is 0.0115. The quantitative estimate of drug-likeness (QED) is 0.842. The molecule has 27 heavy (non-hydrogen) atoms. The normalized spacial score (nSPS) is 21.2. The zero-order valence-electron chi connectivity index (χ0n) is 15.7. The van der Waals surface area contributed by atoms with Crippen LogP contribution in [0.2, 0.25) is 0 Å². The summed E-state index contributed by atoms with van der Waals surface area (Å²) < 4.78 is 5.49. The number of hydrogen-bond donors (Lipinski definition) is 0. The van der Waals surface area contributed by atoms with Crippen LogP contribution >= 0.6 is 0 Å². The third-order valence-corrected chi connectivity index (χ3v) is 6.05. The SMILES string of the molecule is c1ccc2c(c1)CN=C2c1ccnc(N2CCC(N3CCOCC3)CC2)c1. The van der Waals surface area contributed by atoms with Crippen molar-refractivity contribution >= 4 is 11.5 Å². The van der Waals surface area contributed by atoms with Gasteiger partial charge in [0.1, 0.15) is 5.82 Å². The van der Waals surface area contributed by atoms with Gasteiger partial charge in [0, 0.05) is 49.5 Å². The fraction of sp³-hybridized carbons (Fsp3) is 0.455. The highest BCUT2D eigenvalue weighted by molar-refractivity contribution is 6.15. The van der Waals surface area contributed by atoms with E-state index in [1.54, 1.807) is 0 Å². The van der Waals surface area contributed by atoms with Crippen LogP contribution in [0.5, 0.6) is 0 Å². The smallest absolute Gasteiger partial charge is 0.129 e. The van der Waals surface area contributed by atoms with Gasteiger partial charge in [-0.05, 0) is 30.5 Å². The van der Waals surface area contributed by atoms with Gasteiger partial charge in [-0.25, -0.2) is 4.98 Å². The number of morpholine rings is 1. The molecule has 0 bridgehead atoms. The molecule has 3 aliphatic rings. The van der Waals surface area contributed by atoms with E-state index < -0.39 is 0 Å². The number of piperidine rings is 1. The first-order valence-electron chi connectivity index (χ1n) is 10.0. The number of benzene rings is 1. The van der Waals surface area contributed by atoms with Gasteiger partial charge in [-0.2, -0.15) is 0 Å². The van der Waals surface area contributed by atoms with Gasteiger partial charge in [-0.1, -0.05) is 24.3 Å². The lowest BCUT2D eigenvalue weighted by atomic mass is 10.00. The van der Waals surface area contributed by atoms with Crippen LogP contribution in [0.15, 0.2) is 47.6 Å². The molecule has 5 nitrogen and oxygen atoms in total. The molecule has 2 saturated heterocycles.